The summed E-state index contributed by atoms with van der Waals surface area (Å²) in [7, 11) is 1.81. The van der Waals surface area contributed by atoms with E-state index >= 15 is 0 Å². The Bertz CT molecular complexity index is 1840. The number of nitrogens with one attached hydrogen (secondary N) is 4. The van der Waals surface area contributed by atoms with Gasteiger partial charge in [-0.25, -0.2) is 9.78 Å². The number of thiophene rings is 1. The van der Waals surface area contributed by atoms with E-state index < -0.39 is 64.7 Å². The summed E-state index contributed by atoms with van der Waals surface area (Å²) in [5, 5.41) is 17.5. The van der Waals surface area contributed by atoms with Gasteiger partial charge in [-0.2, -0.15) is 10.1 Å². The predicted molar refractivity (Wildman–Crippen MR) is 197 cm³/mol. The molecule has 5 rings (SSSR count). The molecule has 4 heterocycles. The highest BCUT2D eigenvalue weighted by Crippen LogP contribution is 2.34. The van der Waals surface area contributed by atoms with Crippen LogP contribution in [0.2, 0.25) is 0 Å². The SMILES string of the molecule is CCC[C@H](NC(=O)[C@@H]1CC(Oc2nc(-c3cc(C)nn3C)nc3ccsc23)CN1C(=O)[C@@H](NC(=O)NC(C)(C)C)C(C)(C)C)C(=O)C(=O)NC1CC1. The molecular formula is C36H51N9O6S. The number of ether oxygens (including phenoxy) is 1. The van der Waals surface area contributed by atoms with E-state index in [0.29, 0.717) is 34.0 Å². The Balaban J connectivity index is 1.46. The molecule has 282 valence electrons. The van der Waals surface area contributed by atoms with Crippen LogP contribution in [0.1, 0.15) is 86.3 Å². The lowest BCUT2D eigenvalue weighted by Gasteiger charge is -2.36. The number of rotatable bonds is 12. The first-order valence-corrected chi connectivity index (χ1v) is 18.7. The number of carbonyl (C=O) groups is 5. The number of aryl methyl sites for hydroxylation is 2. The van der Waals surface area contributed by atoms with Crippen molar-refractivity contribution in [2.24, 2.45) is 12.5 Å². The third-order valence-electron chi connectivity index (χ3n) is 8.85. The molecule has 3 aromatic heterocycles. The van der Waals surface area contributed by atoms with Gasteiger partial charge in [0.15, 0.2) is 5.82 Å². The molecule has 1 saturated heterocycles. The van der Waals surface area contributed by atoms with E-state index in [0.717, 1.165) is 18.5 Å². The average Bonchev–Trinajstić information content (AvgIpc) is 3.38. The molecular weight excluding hydrogens is 687 g/mol. The number of Topliss-reactive ketones (excluding diaryl/α,β-unsaturated/α-hetero) is 1. The van der Waals surface area contributed by atoms with Crippen LogP contribution < -0.4 is 26.0 Å². The quantitative estimate of drug-likeness (QED) is 0.202. The number of urea groups is 1. The van der Waals surface area contributed by atoms with Crippen LogP contribution in [0, 0.1) is 12.3 Å². The lowest BCUT2D eigenvalue weighted by atomic mass is 9.85. The third-order valence-corrected chi connectivity index (χ3v) is 9.75. The fourth-order valence-corrected chi connectivity index (χ4v) is 6.94. The van der Waals surface area contributed by atoms with Crippen LogP contribution in [0.25, 0.3) is 21.7 Å². The second kappa shape index (κ2) is 15.2. The standard InChI is InChI=1S/C36H51N9O6S/c1-10-11-22(26(46)31(48)37-20-12-13-20)39-30(47)25-17-21(18-45(25)33(49)28(35(3,4)5)40-34(50)42-36(6,7)8)51-32-27-23(14-15-52-27)38-29(41-32)24-16-19(2)43-44(24)9/h14-16,20-22,25,28H,10-13,17-18H2,1-9H3,(H,37,48)(H,39,47)(H2,40,42,50)/t21?,22-,25-,28+/m0/s1. The van der Waals surface area contributed by atoms with Crippen LogP contribution in [0.3, 0.4) is 0 Å². The first-order valence-electron chi connectivity index (χ1n) is 17.8. The van der Waals surface area contributed by atoms with Gasteiger partial charge in [0, 0.05) is 25.0 Å². The van der Waals surface area contributed by atoms with Gasteiger partial charge in [0.1, 0.15) is 28.6 Å². The van der Waals surface area contributed by atoms with Crippen molar-refractivity contribution in [3.63, 3.8) is 0 Å². The van der Waals surface area contributed by atoms with Crippen molar-refractivity contribution in [1.82, 2.24) is 45.9 Å². The van der Waals surface area contributed by atoms with Gasteiger partial charge in [-0.15, -0.1) is 11.3 Å². The van der Waals surface area contributed by atoms with E-state index in [4.69, 9.17) is 14.7 Å². The number of aromatic nitrogens is 4. The highest BCUT2D eigenvalue weighted by atomic mass is 32.1. The molecule has 4 N–H and O–H groups in total. The number of fused-ring (bicyclic) bond motifs is 1. The predicted octanol–water partition coefficient (Wildman–Crippen LogP) is 3.39. The molecule has 1 aliphatic heterocycles. The molecule has 2 aliphatic rings. The summed E-state index contributed by atoms with van der Waals surface area (Å²) in [5.41, 5.74) is 0.863. The second-order valence-corrected chi connectivity index (χ2v) is 16.8. The van der Waals surface area contributed by atoms with Gasteiger partial charge in [0.25, 0.3) is 5.91 Å². The zero-order chi connectivity index (χ0) is 38.1. The molecule has 0 aromatic carbocycles. The zero-order valence-corrected chi connectivity index (χ0v) is 32.3. The maximum Gasteiger partial charge on any atom is 0.315 e. The summed E-state index contributed by atoms with van der Waals surface area (Å²) < 4.78 is 8.94. The molecule has 1 saturated carbocycles. The van der Waals surface area contributed by atoms with Crippen LogP contribution in [-0.4, -0.2) is 96.5 Å². The number of nitrogens with zero attached hydrogens (tertiary/aromatic N) is 5. The van der Waals surface area contributed by atoms with Crippen LogP contribution in [-0.2, 0) is 26.2 Å². The number of likely N-dealkylation sites (tertiary alicyclic amines) is 1. The Morgan fingerprint density at radius 2 is 1.77 bits per heavy atom. The van der Waals surface area contributed by atoms with E-state index in [1.807, 2.05) is 72.9 Å². The van der Waals surface area contributed by atoms with Crippen LogP contribution >= 0.6 is 11.3 Å². The first kappa shape index (κ1) is 38.6. The minimum atomic E-state index is -1.08. The summed E-state index contributed by atoms with van der Waals surface area (Å²) >= 11 is 1.41. The van der Waals surface area contributed by atoms with Gasteiger partial charge in [-0.05, 0) is 69.9 Å². The van der Waals surface area contributed by atoms with E-state index in [1.165, 1.54) is 16.2 Å². The fourth-order valence-electron chi connectivity index (χ4n) is 6.17. The van der Waals surface area contributed by atoms with Gasteiger partial charge in [-0.3, -0.25) is 23.9 Å². The minimum Gasteiger partial charge on any atom is -0.471 e. The van der Waals surface area contributed by atoms with Gasteiger partial charge in [0.2, 0.25) is 23.5 Å². The molecule has 52 heavy (non-hydrogen) atoms. The molecule has 3 aromatic rings. The highest BCUT2D eigenvalue weighted by molar-refractivity contribution is 7.17. The van der Waals surface area contributed by atoms with Gasteiger partial charge in [0.05, 0.1) is 23.8 Å². The lowest BCUT2D eigenvalue weighted by molar-refractivity contribution is -0.144. The molecule has 15 nitrogen and oxygen atoms in total. The minimum absolute atomic E-state index is 0.00233. The number of carbonyl (C=O) groups excluding carboxylic acids is 5. The van der Waals surface area contributed by atoms with Crippen LogP contribution in [0.5, 0.6) is 5.88 Å². The monoisotopic (exact) mass is 737 g/mol. The molecule has 2 fully saturated rings. The summed E-state index contributed by atoms with van der Waals surface area (Å²) in [6.07, 6.45) is 1.79. The van der Waals surface area contributed by atoms with Crippen LogP contribution in [0.4, 0.5) is 4.79 Å². The molecule has 0 bridgehead atoms. The number of hydrogen-bond donors (Lipinski definition) is 4. The molecule has 4 atom stereocenters. The maximum absolute atomic E-state index is 14.5. The third kappa shape index (κ3) is 9.24. The highest BCUT2D eigenvalue weighted by Gasteiger charge is 2.47. The molecule has 1 aliphatic carbocycles. The largest absolute Gasteiger partial charge is 0.471 e. The molecule has 0 radical (unpaired) electrons. The van der Waals surface area contributed by atoms with Gasteiger partial charge < -0.3 is 30.9 Å². The molecule has 1 unspecified atom stereocenters. The van der Waals surface area contributed by atoms with Crippen molar-refractivity contribution in [2.75, 3.05) is 6.54 Å². The first-order chi connectivity index (χ1) is 24.3. The summed E-state index contributed by atoms with van der Waals surface area (Å²) in [5.74, 6) is -1.81. The molecule has 0 spiro atoms. The van der Waals surface area contributed by atoms with Crippen LogP contribution in [0.15, 0.2) is 17.5 Å². The Kier molecular flexibility index (Phi) is 11.3. The van der Waals surface area contributed by atoms with Crippen molar-refractivity contribution < 1.29 is 28.7 Å². The average molecular weight is 738 g/mol. The fraction of sp³-hybridized carbons (Fsp3) is 0.611. The van der Waals surface area contributed by atoms with E-state index in [-0.39, 0.29) is 25.4 Å². The van der Waals surface area contributed by atoms with Gasteiger partial charge in [-0.1, -0.05) is 34.1 Å². The second-order valence-electron chi connectivity index (χ2n) is 15.9. The molecule has 5 amide bonds. The normalized spacial score (nSPS) is 18.8. The van der Waals surface area contributed by atoms with E-state index in [9.17, 15) is 24.0 Å². The Morgan fingerprint density at radius 3 is 2.37 bits per heavy atom. The topological polar surface area (TPSA) is 190 Å². The summed E-state index contributed by atoms with van der Waals surface area (Å²) in [6, 6.07) is 0.0307. The van der Waals surface area contributed by atoms with Gasteiger partial charge >= 0.3 is 6.03 Å². The van der Waals surface area contributed by atoms with Crippen molar-refractivity contribution in [1.29, 1.82) is 0 Å². The Morgan fingerprint density at radius 1 is 1.06 bits per heavy atom. The lowest BCUT2D eigenvalue weighted by Crippen LogP contribution is -2.61. The summed E-state index contributed by atoms with van der Waals surface area (Å²) in [4.78, 5) is 78.6. The maximum atomic E-state index is 14.5. The Hall–Kier alpha value is -4.60. The van der Waals surface area contributed by atoms with E-state index in [2.05, 4.69) is 26.4 Å². The van der Waals surface area contributed by atoms with Crippen molar-refractivity contribution >= 4 is 51.1 Å². The van der Waals surface area contributed by atoms with Crippen molar-refractivity contribution in [3.05, 3.63) is 23.2 Å². The van der Waals surface area contributed by atoms with E-state index in [1.54, 1.807) is 11.7 Å². The number of ketones is 1. The zero-order valence-electron chi connectivity index (χ0n) is 31.5. The number of hydrogen-bond acceptors (Lipinski definition) is 10. The summed E-state index contributed by atoms with van der Waals surface area (Å²) in [6.45, 7) is 14.7. The van der Waals surface area contributed by atoms with Crippen molar-refractivity contribution in [2.45, 2.75) is 123 Å². The number of amides is 5. The smallest absolute Gasteiger partial charge is 0.315 e. The van der Waals surface area contributed by atoms with Crippen molar-refractivity contribution in [3.8, 4) is 17.4 Å². The Labute approximate surface area is 308 Å². The molecule has 16 heteroatoms.